The lowest BCUT2D eigenvalue weighted by Crippen LogP contribution is -2.54. The summed E-state index contributed by atoms with van der Waals surface area (Å²) in [7, 11) is -1.12. The van der Waals surface area contributed by atoms with E-state index in [-0.39, 0.29) is 24.5 Å². The van der Waals surface area contributed by atoms with Crippen LogP contribution in [0.4, 0.5) is 0 Å². The Kier molecular flexibility index (Phi) is 5.05. The molecule has 0 atom stereocenters. The second-order valence-corrected chi connectivity index (χ2v) is 10.6. The molecule has 10 nitrogen and oxygen atoms in total. The molecule has 2 aliphatic rings. The molecule has 1 fully saturated rings. The van der Waals surface area contributed by atoms with Crippen molar-refractivity contribution >= 4 is 21.7 Å². The van der Waals surface area contributed by atoms with E-state index in [1.165, 1.54) is 23.6 Å². The van der Waals surface area contributed by atoms with Crippen LogP contribution in [0.15, 0.2) is 0 Å². The molecule has 1 saturated carbocycles. The fraction of sp³-hybridized carbons (Fsp3) is 0.706. The van der Waals surface area contributed by atoms with Crippen LogP contribution in [0.25, 0.3) is 0 Å². The van der Waals surface area contributed by atoms with Crippen LogP contribution < -0.4 is 0 Å². The molecule has 3 rings (SSSR count). The van der Waals surface area contributed by atoms with Crippen molar-refractivity contribution in [2.45, 2.75) is 35.7 Å². The number of nitrogens with zero attached hydrogens (tertiary/aromatic N) is 3. The summed E-state index contributed by atoms with van der Waals surface area (Å²) in [4.78, 5) is 26.3. The van der Waals surface area contributed by atoms with Gasteiger partial charge >= 0.3 is 5.97 Å². The molecule has 11 heteroatoms. The molecule has 1 amide bonds. The number of aryl methyl sites for hydroxylation is 1. The van der Waals surface area contributed by atoms with Crippen LogP contribution >= 0.6 is 0 Å². The first-order valence-corrected chi connectivity index (χ1v) is 10.4. The average molecular weight is 415 g/mol. The fourth-order valence-electron chi connectivity index (χ4n) is 3.72. The molecule has 2 N–H and O–H groups in total. The SMILES string of the molecule is COC(=O)c1nn(C)c2c1CCN(CC1(S(=O)(=O)C(C)(CO)CO)CC1)C2=O. The summed E-state index contributed by atoms with van der Waals surface area (Å²) in [5, 5.41) is 23.2. The molecule has 0 saturated heterocycles. The topological polar surface area (TPSA) is 139 Å². The van der Waals surface area contributed by atoms with E-state index in [0.29, 0.717) is 24.8 Å². The lowest BCUT2D eigenvalue weighted by Gasteiger charge is -2.35. The fourth-order valence-corrected chi connectivity index (χ4v) is 6.07. The summed E-state index contributed by atoms with van der Waals surface area (Å²) in [6.45, 7) is 0.129. The Morgan fingerprint density at radius 1 is 1.32 bits per heavy atom. The monoisotopic (exact) mass is 415 g/mol. The van der Waals surface area contributed by atoms with E-state index >= 15 is 0 Å². The van der Waals surface area contributed by atoms with Crippen molar-refractivity contribution < 1.29 is 33.0 Å². The normalized spacial score (nSPS) is 18.8. The summed E-state index contributed by atoms with van der Waals surface area (Å²) in [6.07, 6.45) is 1.08. The molecule has 0 radical (unpaired) electrons. The summed E-state index contributed by atoms with van der Waals surface area (Å²) < 4.78 is 29.4. The summed E-state index contributed by atoms with van der Waals surface area (Å²) in [5.41, 5.74) is 0.834. The first kappa shape index (κ1) is 20.7. The molecule has 1 aliphatic heterocycles. The number of methoxy groups -OCH3 is 1. The standard InChI is InChI=1S/C17H25N3O7S/c1-16(9-21,10-22)28(25,26)17(5-6-17)8-20-7-4-11-12(15(24)27-3)18-19(2)13(11)14(20)23/h21-22H,4-10H2,1-3H3. The molecule has 1 aromatic heterocycles. The molecule has 28 heavy (non-hydrogen) atoms. The minimum atomic E-state index is -3.90. The van der Waals surface area contributed by atoms with Gasteiger partial charge in [-0.1, -0.05) is 0 Å². The van der Waals surface area contributed by atoms with Crippen molar-refractivity contribution in [3.05, 3.63) is 17.0 Å². The van der Waals surface area contributed by atoms with Gasteiger partial charge in [-0.2, -0.15) is 5.10 Å². The maximum absolute atomic E-state index is 13.1. The highest BCUT2D eigenvalue weighted by Crippen LogP contribution is 2.49. The zero-order chi connectivity index (χ0) is 20.9. The maximum atomic E-state index is 13.1. The van der Waals surface area contributed by atoms with Crippen LogP contribution in [0.2, 0.25) is 0 Å². The van der Waals surface area contributed by atoms with E-state index in [2.05, 4.69) is 5.10 Å². The smallest absolute Gasteiger partial charge is 0.358 e. The second kappa shape index (κ2) is 6.82. The molecular weight excluding hydrogens is 390 g/mol. The Morgan fingerprint density at radius 2 is 1.93 bits per heavy atom. The van der Waals surface area contributed by atoms with Crippen LogP contribution in [0.5, 0.6) is 0 Å². The Balaban J connectivity index is 1.90. The lowest BCUT2D eigenvalue weighted by molar-refractivity contribution is 0.0591. The number of fused-ring (bicyclic) bond motifs is 1. The van der Waals surface area contributed by atoms with E-state index < -0.39 is 44.4 Å². The van der Waals surface area contributed by atoms with Crippen LogP contribution in [0, 0.1) is 0 Å². The highest BCUT2D eigenvalue weighted by Gasteiger charge is 2.62. The minimum absolute atomic E-state index is 0.0259. The second-order valence-electron chi connectivity index (χ2n) is 7.72. The maximum Gasteiger partial charge on any atom is 0.358 e. The highest BCUT2D eigenvalue weighted by molar-refractivity contribution is 7.94. The Bertz CT molecular complexity index is 913. The summed E-state index contributed by atoms with van der Waals surface area (Å²) in [6, 6.07) is 0. The van der Waals surface area contributed by atoms with Crippen molar-refractivity contribution in [1.82, 2.24) is 14.7 Å². The Labute approximate surface area is 163 Å². The largest absolute Gasteiger partial charge is 0.464 e. The van der Waals surface area contributed by atoms with Crippen molar-refractivity contribution in [3.8, 4) is 0 Å². The summed E-state index contributed by atoms with van der Waals surface area (Å²) >= 11 is 0. The van der Waals surface area contributed by atoms with Crippen molar-refractivity contribution in [2.75, 3.05) is 33.4 Å². The van der Waals surface area contributed by atoms with Gasteiger partial charge in [0.15, 0.2) is 15.5 Å². The van der Waals surface area contributed by atoms with Gasteiger partial charge < -0.3 is 19.8 Å². The lowest BCUT2D eigenvalue weighted by atomic mass is 10.0. The van der Waals surface area contributed by atoms with Gasteiger partial charge in [0, 0.05) is 25.7 Å². The van der Waals surface area contributed by atoms with E-state index in [9.17, 15) is 28.2 Å². The number of aliphatic hydroxyl groups excluding tert-OH is 2. The molecule has 1 aromatic rings. The molecule has 0 unspecified atom stereocenters. The predicted molar refractivity (Wildman–Crippen MR) is 97.6 cm³/mol. The molecule has 0 bridgehead atoms. The van der Waals surface area contributed by atoms with Crippen molar-refractivity contribution in [3.63, 3.8) is 0 Å². The van der Waals surface area contributed by atoms with E-state index in [0.717, 1.165) is 0 Å². The predicted octanol–water partition coefficient (Wildman–Crippen LogP) is -1.10. The number of aromatic nitrogens is 2. The first-order valence-electron chi connectivity index (χ1n) is 8.97. The van der Waals surface area contributed by atoms with Gasteiger partial charge in [0.1, 0.15) is 10.4 Å². The van der Waals surface area contributed by atoms with Gasteiger partial charge in [0.05, 0.1) is 25.1 Å². The number of sulfone groups is 1. The van der Waals surface area contributed by atoms with Gasteiger partial charge in [-0.15, -0.1) is 0 Å². The Morgan fingerprint density at radius 3 is 2.43 bits per heavy atom. The number of esters is 1. The Hall–Kier alpha value is -1.98. The van der Waals surface area contributed by atoms with Gasteiger partial charge in [0.2, 0.25) is 0 Å². The number of hydrogen-bond acceptors (Lipinski definition) is 8. The third kappa shape index (κ3) is 2.83. The number of hydrogen-bond donors (Lipinski definition) is 2. The van der Waals surface area contributed by atoms with E-state index in [1.807, 2.05) is 0 Å². The number of rotatable bonds is 7. The van der Waals surface area contributed by atoms with Gasteiger partial charge in [-0.05, 0) is 26.2 Å². The zero-order valence-corrected chi connectivity index (χ0v) is 17.0. The van der Waals surface area contributed by atoms with Crippen molar-refractivity contribution in [1.29, 1.82) is 0 Å². The molecule has 2 heterocycles. The van der Waals surface area contributed by atoms with Gasteiger partial charge in [0.25, 0.3) is 5.91 Å². The molecule has 156 valence electrons. The first-order chi connectivity index (χ1) is 13.1. The average Bonchev–Trinajstić information content (AvgIpc) is 3.39. The number of amides is 1. The quantitative estimate of drug-likeness (QED) is 0.535. The van der Waals surface area contributed by atoms with Crippen LogP contribution in [-0.4, -0.2) is 88.1 Å². The van der Waals surface area contributed by atoms with Gasteiger partial charge in [-0.25, -0.2) is 13.2 Å². The molecule has 0 spiro atoms. The van der Waals surface area contributed by atoms with Crippen molar-refractivity contribution in [2.24, 2.45) is 7.05 Å². The molecular formula is C17H25N3O7S. The number of aliphatic hydroxyl groups is 2. The number of carbonyl (C=O) groups is 2. The van der Waals surface area contributed by atoms with E-state index in [4.69, 9.17) is 4.74 Å². The third-order valence-electron chi connectivity index (χ3n) is 5.82. The van der Waals surface area contributed by atoms with Crippen LogP contribution in [0.3, 0.4) is 0 Å². The van der Waals surface area contributed by atoms with Gasteiger partial charge in [-0.3, -0.25) is 9.48 Å². The highest BCUT2D eigenvalue weighted by atomic mass is 32.2. The minimum Gasteiger partial charge on any atom is -0.464 e. The third-order valence-corrected chi connectivity index (χ3v) is 9.05. The molecule has 0 aromatic carbocycles. The number of ether oxygens (including phenoxy) is 1. The molecule has 1 aliphatic carbocycles. The van der Waals surface area contributed by atoms with E-state index in [1.54, 1.807) is 7.05 Å². The number of carbonyl (C=O) groups excluding carboxylic acids is 2. The zero-order valence-electron chi connectivity index (χ0n) is 16.1. The van der Waals surface area contributed by atoms with Crippen LogP contribution in [0.1, 0.15) is 46.3 Å². The van der Waals surface area contributed by atoms with Crippen LogP contribution in [-0.2, 0) is 28.0 Å². The summed E-state index contributed by atoms with van der Waals surface area (Å²) in [5.74, 6) is -1.02.